The van der Waals surface area contributed by atoms with E-state index in [-0.39, 0.29) is 0 Å². The van der Waals surface area contributed by atoms with Gasteiger partial charge in [0.2, 0.25) is 0 Å². The standard InChI is InChI=1S/C11H7Cl2/c12-11(13)10-6-5-8-3-1-2-4-9(8)7-10/h1-7H. The molecule has 2 rings (SSSR count). The molecule has 0 unspecified atom stereocenters. The van der Waals surface area contributed by atoms with E-state index in [1.807, 2.05) is 36.4 Å². The molecular formula is C11H7Cl2. The second-order valence-corrected chi connectivity index (χ2v) is 3.77. The molecule has 1 radical (unpaired) electrons. The number of benzene rings is 2. The topological polar surface area (TPSA) is 0 Å². The molecule has 13 heavy (non-hydrogen) atoms. The van der Waals surface area contributed by atoms with Gasteiger partial charge in [-0.25, -0.2) is 0 Å². The number of hydrogen-bond donors (Lipinski definition) is 0. The van der Waals surface area contributed by atoms with E-state index >= 15 is 0 Å². The number of rotatable bonds is 1. The second kappa shape index (κ2) is 3.57. The van der Waals surface area contributed by atoms with Crippen molar-refractivity contribution in [3.63, 3.8) is 0 Å². The predicted octanol–water partition coefficient (Wildman–Crippen LogP) is 4.15. The number of halogens is 2. The van der Waals surface area contributed by atoms with Crippen LogP contribution in [0.25, 0.3) is 10.8 Å². The monoisotopic (exact) mass is 209 g/mol. The maximum Gasteiger partial charge on any atom is 0.180 e. The lowest BCUT2D eigenvalue weighted by molar-refractivity contribution is 1.59. The van der Waals surface area contributed by atoms with Crippen molar-refractivity contribution in [1.29, 1.82) is 0 Å². The lowest BCUT2D eigenvalue weighted by Crippen LogP contribution is -1.81. The van der Waals surface area contributed by atoms with E-state index in [0.29, 0.717) is 4.84 Å². The van der Waals surface area contributed by atoms with Crippen LogP contribution in [-0.4, -0.2) is 0 Å². The lowest BCUT2D eigenvalue weighted by atomic mass is 10.1. The zero-order valence-corrected chi connectivity index (χ0v) is 8.31. The maximum absolute atomic E-state index is 5.69. The summed E-state index contributed by atoms with van der Waals surface area (Å²) in [6.07, 6.45) is 0. The van der Waals surface area contributed by atoms with Gasteiger partial charge >= 0.3 is 0 Å². The summed E-state index contributed by atoms with van der Waals surface area (Å²) in [5.41, 5.74) is 0.863. The molecule has 0 atom stereocenters. The zero-order valence-electron chi connectivity index (χ0n) is 6.80. The molecule has 0 amide bonds. The summed E-state index contributed by atoms with van der Waals surface area (Å²) in [7, 11) is 0. The summed E-state index contributed by atoms with van der Waals surface area (Å²) in [5.74, 6) is 0. The van der Waals surface area contributed by atoms with Crippen LogP contribution in [0, 0.1) is 4.84 Å². The molecule has 0 aliphatic heterocycles. The van der Waals surface area contributed by atoms with Crippen molar-refractivity contribution in [3.05, 3.63) is 52.9 Å². The molecule has 0 spiro atoms. The van der Waals surface area contributed by atoms with E-state index in [0.717, 1.165) is 10.9 Å². The molecule has 2 heteroatoms. The van der Waals surface area contributed by atoms with Crippen molar-refractivity contribution < 1.29 is 0 Å². The molecule has 0 bridgehead atoms. The highest BCUT2D eigenvalue weighted by atomic mass is 35.5. The first-order valence-electron chi connectivity index (χ1n) is 3.94. The third-order valence-corrected chi connectivity index (χ3v) is 2.40. The average molecular weight is 210 g/mol. The Hall–Kier alpha value is -0.720. The quantitative estimate of drug-likeness (QED) is 0.663. The molecule has 0 fully saturated rings. The van der Waals surface area contributed by atoms with Gasteiger partial charge in [-0.05, 0) is 22.4 Å². The van der Waals surface area contributed by atoms with Crippen LogP contribution in [0.5, 0.6) is 0 Å². The Balaban J connectivity index is 2.62. The van der Waals surface area contributed by atoms with Crippen LogP contribution < -0.4 is 0 Å². The van der Waals surface area contributed by atoms with Crippen molar-refractivity contribution in [2.45, 2.75) is 0 Å². The van der Waals surface area contributed by atoms with Gasteiger partial charge in [0.15, 0.2) is 4.84 Å². The fourth-order valence-electron chi connectivity index (χ4n) is 1.31. The maximum atomic E-state index is 5.69. The van der Waals surface area contributed by atoms with Crippen LogP contribution in [0.15, 0.2) is 42.5 Å². The van der Waals surface area contributed by atoms with Crippen LogP contribution in [0.2, 0.25) is 0 Å². The molecule has 0 aliphatic rings. The molecule has 65 valence electrons. The van der Waals surface area contributed by atoms with E-state index in [1.54, 1.807) is 0 Å². The van der Waals surface area contributed by atoms with E-state index in [4.69, 9.17) is 23.2 Å². The predicted molar refractivity (Wildman–Crippen MR) is 58.0 cm³/mol. The Bertz CT molecular complexity index is 421. The van der Waals surface area contributed by atoms with Gasteiger partial charge in [0.05, 0.1) is 0 Å². The van der Waals surface area contributed by atoms with Gasteiger partial charge < -0.3 is 0 Å². The van der Waals surface area contributed by atoms with Crippen molar-refractivity contribution in [2.75, 3.05) is 0 Å². The van der Waals surface area contributed by atoms with E-state index in [1.165, 1.54) is 5.39 Å². The van der Waals surface area contributed by atoms with E-state index in [9.17, 15) is 0 Å². The first-order valence-corrected chi connectivity index (χ1v) is 4.70. The Kier molecular flexibility index (Phi) is 2.43. The van der Waals surface area contributed by atoms with Crippen molar-refractivity contribution in [2.24, 2.45) is 0 Å². The van der Waals surface area contributed by atoms with Crippen LogP contribution in [0.4, 0.5) is 0 Å². The van der Waals surface area contributed by atoms with Crippen LogP contribution in [0.1, 0.15) is 5.56 Å². The second-order valence-electron chi connectivity index (χ2n) is 2.82. The summed E-state index contributed by atoms with van der Waals surface area (Å²) in [5, 5.41) is 2.35. The van der Waals surface area contributed by atoms with Gasteiger partial charge in [-0.3, -0.25) is 0 Å². The third kappa shape index (κ3) is 1.79. The van der Waals surface area contributed by atoms with Gasteiger partial charge in [0.1, 0.15) is 0 Å². The Morgan fingerprint density at radius 3 is 2.23 bits per heavy atom. The molecule has 0 heterocycles. The molecule has 0 saturated carbocycles. The fraction of sp³-hybridized carbons (Fsp3) is 0. The third-order valence-electron chi connectivity index (χ3n) is 1.97. The Morgan fingerprint density at radius 1 is 0.846 bits per heavy atom. The van der Waals surface area contributed by atoms with Gasteiger partial charge in [-0.2, -0.15) is 0 Å². The molecule has 0 aromatic heterocycles. The molecule has 0 aliphatic carbocycles. The molecule has 2 aromatic carbocycles. The summed E-state index contributed by atoms with van der Waals surface area (Å²) in [4.78, 5) is 0.311. The molecular weight excluding hydrogens is 203 g/mol. The van der Waals surface area contributed by atoms with Crippen LogP contribution in [0.3, 0.4) is 0 Å². The average Bonchev–Trinajstić information content (AvgIpc) is 2.17. The summed E-state index contributed by atoms with van der Waals surface area (Å²) >= 11 is 11.4. The van der Waals surface area contributed by atoms with Gasteiger partial charge in [0, 0.05) is 0 Å². The first kappa shape index (κ1) is 8.86. The molecule has 0 nitrogen and oxygen atoms in total. The normalized spacial score (nSPS) is 11.0. The minimum absolute atomic E-state index is 0.311. The van der Waals surface area contributed by atoms with E-state index in [2.05, 4.69) is 6.07 Å². The van der Waals surface area contributed by atoms with Gasteiger partial charge in [-0.15, -0.1) is 0 Å². The summed E-state index contributed by atoms with van der Waals surface area (Å²) in [6.45, 7) is 0. The molecule has 0 N–H and O–H groups in total. The first-order chi connectivity index (χ1) is 6.27. The largest absolute Gasteiger partial charge is 0.180 e. The summed E-state index contributed by atoms with van der Waals surface area (Å²) in [6, 6.07) is 14.0. The van der Waals surface area contributed by atoms with Gasteiger partial charge in [-0.1, -0.05) is 59.6 Å². The van der Waals surface area contributed by atoms with Crippen molar-refractivity contribution in [3.8, 4) is 0 Å². The van der Waals surface area contributed by atoms with Crippen LogP contribution in [-0.2, 0) is 0 Å². The smallest absolute Gasteiger partial charge is 0.0925 e. The van der Waals surface area contributed by atoms with E-state index < -0.39 is 0 Å². The highest BCUT2D eigenvalue weighted by molar-refractivity contribution is 6.54. The van der Waals surface area contributed by atoms with Crippen LogP contribution >= 0.6 is 23.2 Å². The van der Waals surface area contributed by atoms with Crippen molar-refractivity contribution in [1.82, 2.24) is 0 Å². The number of hydrogen-bond acceptors (Lipinski definition) is 0. The lowest BCUT2D eigenvalue weighted by Gasteiger charge is -2.02. The zero-order chi connectivity index (χ0) is 9.26. The number of fused-ring (bicyclic) bond motifs is 1. The molecule has 2 aromatic rings. The van der Waals surface area contributed by atoms with Crippen molar-refractivity contribution >= 4 is 34.0 Å². The Morgan fingerprint density at radius 2 is 1.54 bits per heavy atom. The minimum Gasteiger partial charge on any atom is -0.0925 e. The molecule has 0 saturated heterocycles. The highest BCUT2D eigenvalue weighted by Gasteiger charge is 2.04. The Labute approximate surface area is 87.1 Å². The highest BCUT2D eigenvalue weighted by Crippen LogP contribution is 2.26. The SMILES string of the molecule is Cl[C](Cl)c1ccc2ccccc2c1. The van der Waals surface area contributed by atoms with Gasteiger partial charge in [0.25, 0.3) is 0 Å². The summed E-state index contributed by atoms with van der Waals surface area (Å²) < 4.78 is 0. The fourth-order valence-corrected chi connectivity index (χ4v) is 1.54. The minimum atomic E-state index is 0.311.